The van der Waals surface area contributed by atoms with E-state index < -0.39 is 25.9 Å². The summed E-state index contributed by atoms with van der Waals surface area (Å²) in [6, 6.07) is 5.90. The molecular weight excluding hydrogens is 366 g/mol. The van der Waals surface area contributed by atoms with Crippen LogP contribution in [-0.2, 0) is 19.9 Å². The molecule has 0 spiro atoms. The van der Waals surface area contributed by atoms with Gasteiger partial charge in [0.25, 0.3) is 0 Å². The van der Waals surface area contributed by atoms with Crippen molar-refractivity contribution in [2.45, 2.75) is 24.3 Å². The van der Waals surface area contributed by atoms with Crippen LogP contribution in [0, 0.1) is 0 Å². The van der Waals surface area contributed by atoms with Crippen molar-refractivity contribution in [2.75, 3.05) is 18.1 Å². The zero-order valence-electron chi connectivity index (χ0n) is 11.0. The topological polar surface area (TPSA) is 71.5 Å². The first kappa shape index (κ1) is 15.9. The van der Waals surface area contributed by atoms with Gasteiger partial charge in [-0.05, 0) is 30.7 Å². The molecule has 20 heavy (non-hydrogen) atoms. The number of sulfonamides is 1. The van der Waals surface area contributed by atoms with Gasteiger partial charge in [-0.25, -0.2) is 16.8 Å². The van der Waals surface area contributed by atoms with Crippen molar-refractivity contribution in [3.8, 4) is 0 Å². The largest absolute Gasteiger partial charge is 0.243 e. The molecule has 0 aliphatic carbocycles. The molecule has 112 valence electrons. The summed E-state index contributed by atoms with van der Waals surface area (Å²) in [6.45, 7) is 1.99. The fourth-order valence-electron chi connectivity index (χ4n) is 2.37. The standard InChI is InChI=1S/C12H16BrNO4S2/c1-2-14(11-7-8-19(15,16)9-11)20(17,18)12-5-3-10(13)4-6-12/h3-6,11H,2,7-9H2,1H3. The molecule has 1 aromatic carbocycles. The third-order valence-electron chi connectivity index (χ3n) is 3.35. The number of nitrogens with zero attached hydrogens (tertiary/aromatic N) is 1. The molecule has 0 aromatic heterocycles. The Bertz CT molecular complexity index is 683. The monoisotopic (exact) mass is 381 g/mol. The maximum absolute atomic E-state index is 12.6. The molecule has 5 nitrogen and oxygen atoms in total. The van der Waals surface area contributed by atoms with Crippen LogP contribution in [-0.4, -0.2) is 45.2 Å². The molecule has 0 radical (unpaired) electrons. The van der Waals surface area contributed by atoms with Gasteiger partial charge < -0.3 is 0 Å². The van der Waals surface area contributed by atoms with E-state index in [4.69, 9.17) is 0 Å². The molecule has 0 saturated carbocycles. The van der Waals surface area contributed by atoms with Gasteiger partial charge in [0.15, 0.2) is 9.84 Å². The van der Waals surface area contributed by atoms with Gasteiger partial charge in [-0.15, -0.1) is 0 Å². The number of hydrogen-bond acceptors (Lipinski definition) is 4. The predicted octanol–water partition coefficient (Wildman–Crippen LogP) is 1.65. The molecule has 0 amide bonds. The molecule has 1 fully saturated rings. The van der Waals surface area contributed by atoms with Crippen molar-refractivity contribution in [3.05, 3.63) is 28.7 Å². The fraction of sp³-hybridized carbons (Fsp3) is 0.500. The summed E-state index contributed by atoms with van der Waals surface area (Å²) in [6.07, 6.45) is 0.367. The third-order valence-corrected chi connectivity index (χ3v) is 7.67. The Balaban J connectivity index is 2.33. The highest BCUT2D eigenvalue weighted by molar-refractivity contribution is 9.10. The summed E-state index contributed by atoms with van der Waals surface area (Å²) >= 11 is 3.26. The van der Waals surface area contributed by atoms with Crippen molar-refractivity contribution in [1.82, 2.24) is 4.31 Å². The SMILES string of the molecule is CCN(C1CCS(=O)(=O)C1)S(=O)(=O)c1ccc(Br)cc1. The number of hydrogen-bond donors (Lipinski definition) is 0. The summed E-state index contributed by atoms with van der Waals surface area (Å²) in [7, 11) is -6.77. The van der Waals surface area contributed by atoms with Gasteiger partial charge in [0.05, 0.1) is 16.4 Å². The van der Waals surface area contributed by atoms with Crippen molar-refractivity contribution >= 4 is 35.8 Å². The Morgan fingerprint density at radius 1 is 1.30 bits per heavy atom. The molecule has 8 heteroatoms. The van der Waals surface area contributed by atoms with Crippen molar-refractivity contribution < 1.29 is 16.8 Å². The summed E-state index contributed by atoms with van der Waals surface area (Å²) in [5.41, 5.74) is 0. The average Bonchev–Trinajstić information content (AvgIpc) is 2.70. The minimum atomic E-state index is -3.65. The number of rotatable bonds is 4. The molecule has 1 atom stereocenters. The zero-order chi connectivity index (χ0) is 15.0. The second kappa shape index (κ2) is 5.75. The van der Waals surface area contributed by atoms with E-state index in [1.807, 2.05) is 0 Å². The summed E-state index contributed by atoms with van der Waals surface area (Å²) in [5.74, 6) is -0.0272. The van der Waals surface area contributed by atoms with Gasteiger partial charge >= 0.3 is 0 Å². The van der Waals surface area contributed by atoms with Crippen molar-refractivity contribution in [1.29, 1.82) is 0 Å². The Hall–Kier alpha value is -0.440. The highest BCUT2D eigenvalue weighted by Crippen LogP contribution is 2.25. The minimum absolute atomic E-state index is 0.0595. The fourth-order valence-corrected chi connectivity index (χ4v) is 6.12. The van der Waals surface area contributed by atoms with Crippen LogP contribution in [0.2, 0.25) is 0 Å². The highest BCUT2D eigenvalue weighted by atomic mass is 79.9. The first-order chi connectivity index (χ1) is 9.26. The Morgan fingerprint density at radius 2 is 1.90 bits per heavy atom. The molecule has 0 bridgehead atoms. The van der Waals surface area contributed by atoms with Crippen molar-refractivity contribution in [2.24, 2.45) is 0 Å². The molecule has 1 aliphatic rings. The molecule has 2 rings (SSSR count). The van der Waals surface area contributed by atoms with E-state index in [1.54, 1.807) is 19.1 Å². The van der Waals surface area contributed by atoms with Gasteiger partial charge in [0.2, 0.25) is 10.0 Å². The molecule has 1 unspecified atom stereocenters. The van der Waals surface area contributed by atoms with E-state index >= 15 is 0 Å². The van der Waals surface area contributed by atoms with Gasteiger partial charge in [-0.3, -0.25) is 0 Å². The van der Waals surface area contributed by atoms with Crippen LogP contribution in [0.4, 0.5) is 0 Å². The second-order valence-corrected chi connectivity index (χ2v) is 9.75. The first-order valence-corrected chi connectivity index (χ1v) is 10.3. The van der Waals surface area contributed by atoms with Crippen LogP contribution >= 0.6 is 15.9 Å². The highest BCUT2D eigenvalue weighted by Gasteiger charge is 2.37. The quantitative estimate of drug-likeness (QED) is 0.794. The maximum Gasteiger partial charge on any atom is 0.243 e. The lowest BCUT2D eigenvalue weighted by atomic mass is 10.3. The molecule has 0 N–H and O–H groups in total. The summed E-state index contributed by atoms with van der Waals surface area (Å²) in [4.78, 5) is 0.187. The average molecular weight is 382 g/mol. The van der Waals surface area contributed by atoms with Crippen LogP contribution in [0.5, 0.6) is 0 Å². The molecule has 1 heterocycles. The minimum Gasteiger partial charge on any atom is -0.229 e. The normalized spacial score (nSPS) is 22.2. The van der Waals surface area contributed by atoms with E-state index in [2.05, 4.69) is 15.9 Å². The number of sulfone groups is 1. The predicted molar refractivity (Wildman–Crippen MR) is 80.8 cm³/mol. The number of benzene rings is 1. The second-order valence-electron chi connectivity index (χ2n) is 4.72. The lowest BCUT2D eigenvalue weighted by molar-refractivity contribution is 0.354. The third kappa shape index (κ3) is 3.24. The van der Waals surface area contributed by atoms with E-state index in [1.165, 1.54) is 16.4 Å². The van der Waals surface area contributed by atoms with Gasteiger partial charge in [0, 0.05) is 17.1 Å². The summed E-state index contributed by atoms with van der Waals surface area (Å²) < 4.78 is 50.3. The maximum atomic E-state index is 12.6. The Morgan fingerprint density at radius 3 is 2.35 bits per heavy atom. The van der Waals surface area contributed by atoms with E-state index in [-0.39, 0.29) is 22.9 Å². The van der Waals surface area contributed by atoms with Crippen LogP contribution in [0.1, 0.15) is 13.3 Å². The first-order valence-electron chi connectivity index (χ1n) is 6.24. The van der Waals surface area contributed by atoms with Gasteiger partial charge in [0.1, 0.15) is 0 Å². The van der Waals surface area contributed by atoms with E-state index in [0.717, 1.165) is 4.47 Å². The van der Waals surface area contributed by atoms with Crippen LogP contribution in [0.25, 0.3) is 0 Å². The van der Waals surface area contributed by atoms with Crippen LogP contribution in [0.15, 0.2) is 33.6 Å². The number of halogens is 1. The lowest BCUT2D eigenvalue weighted by Gasteiger charge is -2.25. The van der Waals surface area contributed by atoms with Crippen LogP contribution < -0.4 is 0 Å². The van der Waals surface area contributed by atoms with Crippen molar-refractivity contribution in [3.63, 3.8) is 0 Å². The lowest BCUT2D eigenvalue weighted by Crippen LogP contribution is -2.40. The molecule has 1 aliphatic heterocycles. The Labute approximate surface area is 128 Å². The van der Waals surface area contributed by atoms with Gasteiger partial charge in [-0.2, -0.15) is 4.31 Å². The van der Waals surface area contributed by atoms with Crippen LogP contribution in [0.3, 0.4) is 0 Å². The Kier molecular flexibility index (Phi) is 4.58. The molecule has 1 aromatic rings. The van der Waals surface area contributed by atoms with Gasteiger partial charge in [-0.1, -0.05) is 22.9 Å². The molecule has 1 saturated heterocycles. The van der Waals surface area contributed by atoms with E-state index in [9.17, 15) is 16.8 Å². The summed E-state index contributed by atoms with van der Waals surface area (Å²) in [5, 5.41) is 0. The molecular formula is C12H16BrNO4S2. The smallest absolute Gasteiger partial charge is 0.229 e. The zero-order valence-corrected chi connectivity index (χ0v) is 14.2. The van der Waals surface area contributed by atoms with E-state index in [0.29, 0.717) is 6.42 Å².